The van der Waals surface area contributed by atoms with Gasteiger partial charge in [-0.25, -0.2) is 9.38 Å². The van der Waals surface area contributed by atoms with E-state index in [0.717, 1.165) is 5.57 Å². The highest BCUT2D eigenvalue weighted by molar-refractivity contribution is 5.78. The van der Waals surface area contributed by atoms with Gasteiger partial charge in [-0.3, -0.25) is 0 Å². The van der Waals surface area contributed by atoms with Crippen LogP contribution in [0.5, 0.6) is 0 Å². The maximum absolute atomic E-state index is 11.6. The first-order chi connectivity index (χ1) is 5.70. The Kier molecular flexibility index (Phi) is 5.69. The summed E-state index contributed by atoms with van der Waals surface area (Å²) in [7, 11) is 0. The first-order valence-corrected chi connectivity index (χ1v) is 3.62. The molecule has 0 aliphatic heterocycles. The predicted octanol–water partition coefficient (Wildman–Crippen LogP) is 0.950. The summed E-state index contributed by atoms with van der Waals surface area (Å²) in [5, 5.41) is 2.68. The van der Waals surface area contributed by atoms with Gasteiger partial charge in [-0.1, -0.05) is 6.58 Å². The summed E-state index contributed by atoms with van der Waals surface area (Å²) < 4.78 is 11.6. The zero-order valence-electron chi connectivity index (χ0n) is 7.18. The molecule has 4 heteroatoms. The Balaban J connectivity index is 3.76. The summed E-state index contributed by atoms with van der Waals surface area (Å²) in [6.45, 7) is 5.17. The van der Waals surface area contributed by atoms with Crippen LogP contribution in [0.3, 0.4) is 0 Å². The van der Waals surface area contributed by atoms with Gasteiger partial charge >= 0.3 is 0 Å². The van der Waals surface area contributed by atoms with Crippen molar-refractivity contribution in [3.8, 4) is 0 Å². The molecule has 0 bridgehead atoms. The van der Waals surface area contributed by atoms with Gasteiger partial charge in [-0.2, -0.15) is 0 Å². The van der Waals surface area contributed by atoms with Crippen LogP contribution in [0.1, 0.15) is 6.92 Å². The lowest BCUT2D eigenvalue weighted by Gasteiger charge is -2.00. The molecule has 0 saturated carbocycles. The molecule has 0 saturated heterocycles. The van der Waals surface area contributed by atoms with Crippen molar-refractivity contribution in [2.75, 3.05) is 13.2 Å². The molecule has 0 rings (SSSR count). The number of halogens is 1. The predicted molar refractivity (Wildman–Crippen MR) is 49.6 cm³/mol. The molecule has 0 heterocycles. The van der Waals surface area contributed by atoms with Crippen LogP contribution in [0.2, 0.25) is 0 Å². The average Bonchev–Trinajstić information content (AvgIpc) is 2.10. The summed E-state index contributed by atoms with van der Waals surface area (Å²) in [5.74, 6) is 0.439. The van der Waals surface area contributed by atoms with Crippen LogP contribution in [-0.4, -0.2) is 19.4 Å². The minimum Gasteiger partial charge on any atom is -0.404 e. The molecule has 0 aliphatic carbocycles. The maximum atomic E-state index is 11.6. The topological polar surface area (TPSA) is 50.4 Å². The maximum Gasteiger partial charge on any atom is 0.118 e. The van der Waals surface area contributed by atoms with Crippen LogP contribution in [0, 0.1) is 0 Å². The van der Waals surface area contributed by atoms with Crippen molar-refractivity contribution in [3.05, 3.63) is 24.2 Å². The van der Waals surface area contributed by atoms with Gasteiger partial charge < -0.3 is 11.1 Å². The minimum absolute atomic E-state index is 0.238. The van der Waals surface area contributed by atoms with Crippen molar-refractivity contribution in [2.24, 2.45) is 10.7 Å². The van der Waals surface area contributed by atoms with Crippen molar-refractivity contribution in [1.29, 1.82) is 0 Å². The largest absolute Gasteiger partial charge is 0.404 e. The van der Waals surface area contributed by atoms with Crippen LogP contribution in [0.4, 0.5) is 4.39 Å². The van der Waals surface area contributed by atoms with Crippen molar-refractivity contribution < 1.29 is 4.39 Å². The monoisotopic (exact) mass is 171 g/mol. The molecule has 0 amide bonds. The Morgan fingerprint density at radius 1 is 1.75 bits per heavy atom. The van der Waals surface area contributed by atoms with Crippen LogP contribution >= 0.6 is 0 Å². The van der Waals surface area contributed by atoms with E-state index in [4.69, 9.17) is 5.73 Å². The third kappa shape index (κ3) is 5.46. The Hall–Kier alpha value is -1.32. The van der Waals surface area contributed by atoms with Gasteiger partial charge in [0.1, 0.15) is 12.5 Å². The second kappa shape index (κ2) is 6.39. The molecular formula is C8H14FN3. The summed E-state index contributed by atoms with van der Waals surface area (Å²) in [5.41, 5.74) is 6.03. The fourth-order valence-corrected chi connectivity index (χ4v) is 0.460. The number of allylic oxidation sites excluding steroid dienone is 1. The average molecular weight is 171 g/mol. The van der Waals surface area contributed by atoms with Gasteiger partial charge in [0.25, 0.3) is 0 Å². The van der Waals surface area contributed by atoms with E-state index >= 15 is 0 Å². The first kappa shape index (κ1) is 10.7. The SMILES string of the molecule is C=C(/N=C\C(C)=C/N)NCCF. The van der Waals surface area contributed by atoms with E-state index in [1.807, 2.05) is 6.92 Å². The summed E-state index contributed by atoms with van der Waals surface area (Å²) in [4.78, 5) is 3.89. The van der Waals surface area contributed by atoms with Crippen LogP contribution in [-0.2, 0) is 0 Å². The quantitative estimate of drug-likeness (QED) is 0.605. The fraction of sp³-hybridized carbons (Fsp3) is 0.375. The second-order valence-corrected chi connectivity index (χ2v) is 2.23. The Morgan fingerprint density at radius 3 is 2.92 bits per heavy atom. The Bertz CT molecular complexity index is 196. The Labute approximate surface area is 71.9 Å². The zero-order valence-corrected chi connectivity index (χ0v) is 7.18. The lowest BCUT2D eigenvalue weighted by molar-refractivity contribution is 0.482. The van der Waals surface area contributed by atoms with E-state index in [1.165, 1.54) is 6.20 Å². The molecule has 3 N–H and O–H groups in total. The van der Waals surface area contributed by atoms with Crippen LogP contribution in [0.25, 0.3) is 0 Å². The van der Waals surface area contributed by atoms with Crippen molar-refractivity contribution in [3.63, 3.8) is 0 Å². The molecule has 0 aromatic heterocycles. The molecule has 0 atom stereocenters. The van der Waals surface area contributed by atoms with Gasteiger partial charge in [-0.15, -0.1) is 0 Å². The molecule has 0 fully saturated rings. The van der Waals surface area contributed by atoms with Crippen LogP contribution < -0.4 is 11.1 Å². The van der Waals surface area contributed by atoms with Crippen molar-refractivity contribution in [2.45, 2.75) is 6.92 Å². The standard InChI is InChI=1S/C8H14FN3/c1-7(5-10)6-12-8(2)11-4-3-9/h5-6,11H,2-4,10H2,1H3/b7-5-,12-6-. The molecule has 12 heavy (non-hydrogen) atoms. The summed E-state index contributed by atoms with van der Waals surface area (Å²) in [6, 6.07) is 0. The first-order valence-electron chi connectivity index (χ1n) is 3.62. The number of rotatable bonds is 5. The van der Waals surface area contributed by atoms with Crippen molar-refractivity contribution in [1.82, 2.24) is 5.32 Å². The minimum atomic E-state index is -0.430. The molecule has 3 nitrogen and oxygen atoms in total. The number of aliphatic imine (C=N–C) groups is 1. The fourth-order valence-electron chi connectivity index (χ4n) is 0.460. The highest BCUT2D eigenvalue weighted by atomic mass is 19.1. The van der Waals surface area contributed by atoms with Crippen LogP contribution in [0.15, 0.2) is 29.2 Å². The smallest absolute Gasteiger partial charge is 0.118 e. The number of nitrogens with one attached hydrogen (secondary N) is 1. The third-order valence-corrected chi connectivity index (χ3v) is 1.11. The number of nitrogens with two attached hydrogens (primary N) is 1. The highest BCUT2D eigenvalue weighted by Gasteiger charge is 1.86. The summed E-state index contributed by atoms with van der Waals surface area (Å²) in [6.07, 6.45) is 3.00. The summed E-state index contributed by atoms with van der Waals surface area (Å²) >= 11 is 0. The molecule has 0 radical (unpaired) electrons. The number of alkyl halides is 1. The lowest BCUT2D eigenvalue weighted by atomic mass is 10.4. The van der Waals surface area contributed by atoms with Gasteiger partial charge in [-0.05, 0) is 18.7 Å². The Morgan fingerprint density at radius 2 is 2.42 bits per heavy atom. The molecule has 0 aliphatic rings. The van der Waals surface area contributed by atoms with Crippen molar-refractivity contribution >= 4 is 6.21 Å². The number of hydrogen-bond acceptors (Lipinski definition) is 3. The van der Waals surface area contributed by atoms with E-state index in [2.05, 4.69) is 16.9 Å². The number of nitrogens with zero attached hydrogens (tertiary/aromatic N) is 1. The molecule has 0 unspecified atom stereocenters. The highest BCUT2D eigenvalue weighted by Crippen LogP contribution is 1.88. The van der Waals surface area contributed by atoms with Gasteiger partial charge in [0.05, 0.1) is 0 Å². The zero-order chi connectivity index (χ0) is 9.40. The van der Waals surface area contributed by atoms with Gasteiger partial charge in [0, 0.05) is 12.8 Å². The number of hydrogen-bond donors (Lipinski definition) is 2. The van der Waals surface area contributed by atoms with E-state index in [0.29, 0.717) is 5.82 Å². The second-order valence-electron chi connectivity index (χ2n) is 2.23. The van der Waals surface area contributed by atoms with E-state index in [9.17, 15) is 4.39 Å². The van der Waals surface area contributed by atoms with Gasteiger partial charge in [0.15, 0.2) is 0 Å². The molecule has 68 valence electrons. The van der Waals surface area contributed by atoms with E-state index in [1.54, 1.807) is 6.21 Å². The molecular weight excluding hydrogens is 157 g/mol. The van der Waals surface area contributed by atoms with E-state index in [-0.39, 0.29) is 6.54 Å². The molecule has 0 aromatic carbocycles. The lowest BCUT2D eigenvalue weighted by Crippen LogP contribution is -2.13. The van der Waals surface area contributed by atoms with E-state index < -0.39 is 6.67 Å². The third-order valence-electron chi connectivity index (χ3n) is 1.11. The normalized spacial score (nSPS) is 12.0. The molecule has 0 aromatic rings. The molecule has 0 spiro atoms. The van der Waals surface area contributed by atoms with Gasteiger partial charge in [0.2, 0.25) is 0 Å².